The molecule has 2 aromatic carbocycles. The van der Waals surface area contributed by atoms with Crippen LogP contribution in [0.25, 0.3) is 12.2 Å². The number of rotatable bonds is 8. The molecule has 3 rings (SSSR count). The van der Waals surface area contributed by atoms with Crippen molar-refractivity contribution in [3.63, 3.8) is 0 Å². The SMILES string of the molecule is COc1cccc(/C=C/C(=O)Nc2cccc(COC(=O)/C=C/c3cncc(F)c3)c2)c1. The number of nitrogens with one attached hydrogen (secondary N) is 1. The highest BCUT2D eigenvalue weighted by Crippen LogP contribution is 2.15. The van der Waals surface area contributed by atoms with Gasteiger partial charge in [0.05, 0.1) is 13.3 Å². The maximum Gasteiger partial charge on any atom is 0.331 e. The molecule has 0 aliphatic heterocycles. The molecule has 0 bridgehead atoms. The quantitative estimate of drug-likeness (QED) is 0.415. The minimum atomic E-state index is -0.579. The van der Waals surface area contributed by atoms with Gasteiger partial charge in [-0.1, -0.05) is 24.3 Å². The zero-order valence-corrected chi connectivity index (χ0v) is 17.3. The molecule has 0 radical (unpaired) electrons. The fraction of sp³-hybridized carbons (Fsp3) is 0.0800. The second-order valence-corrected chi connectivity index (χ2v) is 6.68. The molecule has 162 valence electrons. The normalized spacial score (nSPS) is 10.9. The van der Waals surface area contributed by atoms with E-state index in [1.54, 1.807) is 37.5 Å². The number of nitrogens with zero attached hydrogens (tertiary/aromatic N) is 1. The third kappa shape index (κ3) is 7.21. The number of amides is 1. The molecular weight excluding hydrogens is 411 g/mol. The van der Waals surface area contributed by atoms with Gasteiger partial charge in [-0.25, -0.2) is 9.18 Å². The number of carbonyl (C=O) groups is 2. The van der Waals surface area contributed by atoms with Crippen molar-refractivity contribution in [2.45, 2.75) is 6.61 Å². The van der Waals surface area contributed by atoms with Gasteiger partial charge in [-0.3, -0.25) is 9.78 Å². The number of hydrogen-bond donors (Lipinski definition) is 1. The van der Waals surface area contributed by atoms with Crippen LogP contribution >= 0.6 is 0 Å². The average molecular weight is 432 g/mol. The summed E-state index contributed by atoms with van der Waals surface area (Å²) in [4.78, 5) is 27.8. The minimum Gasteiger partial charge on any atom is -0.497 e. The molecule has 7 heteroatoms. The van der Waals surface area contributed by atoms with Crippen LogP contribution in [0, 0.1) is 5.82 Å². The summed E-state index contributed by atoms with van der Waals surface area (Å²) < 4.78 is 23.5. The molecule has 32 heavy (non-hydrogen) atoms. The van der Waals surface area contributed by atoms with Gasteiger partial charge < -0.3 is 14.8 Å². The first-order valence-electron chi connectivity index (χ1n) is 9.69. The fourth-order valence-corrected chi connectivity index (χ4v) is 2.73. The van der Waals surface area contributed by atoms with Gasteiger partial charge in [-0.05, 0) is 59.2 Å². The number of aromatic nitrogens is 1. The molecule has 0 saturated carbocycles. The molecule has 1 N–H and O–H groups in total. The Balaban J connectivity index is 1.52. The van der Waals surface area contributed by atoms with Crippen LogP contribution in [0.2, 0.25) is 0 Å². The molecule has 1 aromatic heterocycles. The van der Waals surface area contributed by atoms with E-state index in [0.717, 1.165) is 11.8 Å². The lowest BCUT2D eigenvalue weighted by Gasteiger charge is -2.06. The summed E-state index contributed by atoms with van der Waals surface area (Å²) in [7, 11) is 1.58. The monoisotopic (exact) mass is 432 g/mol. The Kier molecular flexibility index (Phi) is 7.86. The Morgan fingerprint density at radius 3 is 2.62 bits per heavy atom. The summed E-state index contributed by atoms with van der Waals surface area (Å²) in [5, 5.41) is 2.77. The Bertz CT molecular complexity index is 1160. The van der Waals surface area contributed by atoms with Crippen molar-refractivity contribution in [3.05, 3.63) is 102 Å². The number of halogens is 1. The van der Waals surface area contributed by atoms with Crippen LogP contribution in [-0.4, -0.2) is 24.0 Å². The molecule has 6 nitrogen and oxygen atoms in total. The number of benzene rings is 2. The smallest absolute Gasteiger partial charge is 0.331 e. The number of anilines is 1. The van der Waals surface area contributed by atoms with Gasteiger partial charge in [0.2, 0.25) is 5.91 Å². The van der Waals surface area contributed by atoms with Crippen molar-refractivity contribution in [3.8, 4) is 5.75 Å². The maximum absolute atomic E-state index is 13.1. The zero-order valence-electron chi connectivity index (χ0n) is 17.3. The number of methoxy groups -OCH3 is 1. The molecule has 0 unspecified atom stereocenters. The lowest BCUT2D eigenvalue weighted by molar-refractivity contribution is -0.138. The lowest BCUT2D eigenvalue weighted by Crippen LogP contribution is -2.08. The van der Waals surface area contributed by atoms with Crippen LogP contribution in [0.5, 0.6) is 5.75 Å². The van der Waals surface area contributed by atoms with Crippen molar-refractivity contribution in [1.82, 2.24) is 4.98 Å². The molecule has 0 saturated heterocycles. The molecule has 0 spiro atoms. The van der Waals surface area contributed by atoms with E-state index < -0.39 is 11.8 Å². The van der Waals surface area contributed by atoms with Crippen molar-refractivity contribution in [1.29, 1.82) is 0 Å². The average Bonchev–Trinajstić information content (AvgIpc) is 2.80. The van der Waals surface area contributed by atoms with E-state index in [-0.39, 0.29) is 12.5 Å². The Labute approximate surface area is 185 Å². The van der Waals surface area contributed by atoms with Gasteiger partial charge >= 0.3 is 5.97 Å². The summed E-state index contributed by atoms with van der Waals surface area (Å²) in [5.74, 6) is -0.659. The van der Waals surface area contributed by atoms with Crippen LogP contribution < -0.4 is 10.1 Å². The number of carbonyl (C=O) groups excluding carboxylic acids is 2. The van der Waals surface area contributed by atoms with E-state index in [9.17, 15) is 14.0 Å². The van der Waals surface area contributed by atoms with E-state index in [1.807, 2.05) is 24.3 Å². The van der Waals surface area contributed by atoms with E-state index in [1.165, 1.54) is 30.5 Å². The highest BCUT2D eigenvalue weighted by molar-refractivity contribution is 6.02. The van der Waals surface area contributed by atoms with Crippen LogP contribution in [0.1, 0.15) is 16.7 Å². The standard InChI is InChI=1S/C25H21FN2O4/c1-31-23-7-3-4-18(14-23)8-10-24(29)28-22-6-2-5-20(13-22)17-32-25(30)11-9-19-12-21(26)16-27-15-19/h2-16H,17H2,1H3,(H,28,29)/b10-8+,11-9+. The largest absolute Gasteiger partial charge is 0.497 e. The second kappa shape index (κ2) is 11.2. The molecule has 1 amide bonds. The van der Waals surface area contributed by atoms with Crippen LogP contribution in [-0.2, 0) is 20.9 Å². The topological polar surface area (TPSA) is 77.5 Å². The van der Waals surface area contributed by atoms with Crippen LogP contribution in [0.15, 0.2) is 79.1 Å². The molecule has 0 aliphatic rings. The first-order valence-corrected chi connectivity index (χ1v) is 9.69. The molecule has 3 aromatic rings. The first-order chi connectivity index (χ1) is 15.5. The van der Waals surface area contributed by atoms with Crippen LogP contribution in [0.4, 0.5) is 10.1 Å². The number of hydrogen-bond acceptors (Lipinski definition) is 5. The third-order valence-corrected chi connectivity index (χ3v) is 4.23. The van der Waals surface area contributed by atoms with Gasteiger partial charge in [0.25, 0.3) is 0 Å². The summed E-state index contributed by atoms with van der Waals surface area (Å²) in [5.41, 5.74) is 2.56. The van der Waals surface area contributed by atoms with Crippen molar-refractivity contribution >= 4 is 29.7 Å². The molecule has 0 atom stereocenters. The second-order valence-electron chi connectivity index (χ2n) is 6.68. The highest BCUT2D eigenvalue weighted by Gasteiger charge is 2.03. The third-order valence-electron chi connectivity index (χ3n) is 4.23. The first kappa shape index (κ1) is 22.4. The van der Waals surface area contributed by atoms with E-state index in [4.69, 9.17) is 9.47 Å². The van der Waals surface area contributed by atoms with Crippen molar-refractivity contribution in [2.75, 3.05) is 12.4 Å². The van der Waals surface area contributed by atoms with Crippen molar-refractivity contribution in [2.24, 2.45) is 0 Å². The van der Waals surface area contributed by atoms with Gasteiger partial charge in [0.1, 0.15) is 18.2 Å². The Morgan fingerprint density at radius 2 is 1.81 bits per heavy atom. The van der Waals surface area contributed by atoms with Crippen LogP contribution in [0.3, 0.4) is 0 Å². The van der Waals surface area contributed by atoms with E-state index >= 15 is 0 Å². The zero-order chi connectivity index (χ0) is 22.8. The fourth-order valence-electron chi connectivity index (χ4n) is 2.73. The van der Waals surface area contributed by atoms with Crippen molar-refractivity contribution < 1.29 is 23.5 Å². The number of pyridine rings is 1. The molecular formula is C25H21FN2O4. The van der Waals surface area contributed by atoms with Gasteiger partial charge in [-0.15, -0.1) is 0 Å². The minimum absolute atomic E-state index is 0.0218. The van der Waals surface area contributed by atoms with Gasteiger partial charge in [0, 0.05) is 24.0 Å². The molecule has 0 aliphatic carbocycles. The maximum atomic E-state index is 13.1. The predicted octanol–water partition coefficient (Wildman–Crippen LogP) is 4.64. The number of ether oxygens (including phenoxy) is 2. The Hall–Kier alpha value is -4.26. The summed E-state index contributed by atoms with van der Waals surface area (Å²) >= 11 is 0. The Morgan fingerprint density at radius 1 is 1.00 bits per heavy atom. The highest BCUT2D eigenvalue weighted by atomic mass is 19.1. The summed E-state index contributed by atoms with van der Waals surface area (Å²) in [6.45, 7) is 0.0218. The summed E-state index contributed by atoms with van der Waals surface area (Å²) in [6, 6.07) is 15.6. The molecule has 1 heterocycles. The molecule has 0 fully saturated rings. The van der Waals surface area contributed by atoms with E-state index in [2.05, 4.69) is 10.3 Å². The number of esters is 1. The van der Waals surface area contributed by atoms with E-state index in [0.29, 0.717) is 22.6 Å². The predicted molar refractivity (Wildman–Crippen MR) is 120 cm³/mol. The van der Waals surface area contributed by atoms with Gasteiger partial charge in [0.15, 0.2) is 0 Å². The van der Waals surface area contributed by atoms with Gasteiger partial charge in [-0.2, -0.15) is 0 Å². The summed E-state index contributed by atoms with van der Waals surface area (Å²) in [6.07, 6.45) is 8.24. The lowest BCUT2D eigenvalue weighted by atomic mass is 10.2.